The topological polar surface area (TPSA) is 66.6 Å². The second kappa shape index (κ2) is 6.46. The summed E-state index contributed by atoms with van der Waals surface area (Å²) < 4.78 is 23.6. The van der Waals surface area contributed by atoms with Crippen molar-refractivity contribution < 1.29 is 18.6 Å². The van der Waals surface area contributed by atoms with Crippen molar-refractivity contribution in [3.05, 3.63) is 71.9 Å². The Labute approximate surface area is 150 Å². The molecule has 26 heavy (non-hydrogen) atoms. The van der Waals surface area contributed by atoms with Crippen molar-refractivity contribution >= 4 is 0 Å². The molecule has 6 nitrogen and oxygen atoms in total. The first-order valence-electron chi connectivity index (χ1n) is 8.77. The van der Waals surface area contributed by atoms with Crippen LogP contribution in [-0.4, -0.2) is 23.4 Å². The van der Waals surface area contributed by atoms with Crippen molar-refractivity contribution in [2.75, 3.05) is 13.2 Å². The molecule has 0 radical (unpaired) electrons. The molecule has 3 atom stereocenters. The molecule has 0 spiro atoms. The quantitative estimate of drug-likeness (QED) is 0.715. The predicted molar refractivity (Wildman–Crippen MR) is 92.1 cm³/mol. The van der Waals surface area contributed by atoms with Crippen LogP contribution < -0.4 is 9.47 Å². The van der Waals surface area contributed by atoms with Gasteiger partial charge in [-0.15, -0.1) is 10.2 Å². The van der Waals surface area contributed by atoms with E-state index in [4.69, 9.17) is 18.6 Å². The summed E-state index contributed by atoms with van der Waals surface area (Å²) in [5.74, 6) is 2.50. The van der Waals surface area contributed by atoms with Crippen molar-refractivity contribution in [3.8, 4) is 11.5 Å². The normalized spacial score (nSPS) is 24.5. The molecule has 3 aromatic rings. The molecule has 2 aromatic carbocycles. The number of ether oxygens (including phenoxy) is 3. The van der Waals surface area contributed by atoms with Crippen LogP contribution in [0.2, 0.25) is 0 Å². The third-order valence-corrected chi connectivity index (χ3v) is 4.78. The Morgan fingerprint density at radius 2 is 1.62 bits per heavy atom. The lowest BCUT2D eigenvalue weighted by atomic mass is 9.95. The van der Waals surface area contributed by atoms with E-state index in [-0.39, 0.29) is 12.0 Å². The lowest BCUT2D eigenvalue weighted by Gasteiger charge is -2.24. The summed E-state index contributed by atoms with van der Waals surface area (Å²) in [4.78, 5) is 0. The third-order valence-electron chi connectivity index (χ3n) is 4.78. The van der Waals surface area contributed by atoms with E-state index in [1.165, 1.54) is 0 Å². The number of rotatable bonds is 3. The smallest absolute Gasteiger partial charge is 0.260 e. The maximum atomic E-state index is 5.97. The van der Waals surface area contributed by atoms with Gasteiger partial charge in [0.25, 0.3) is 5.89 Å². The minimum Gasteiger partial charge on any atom is -0.485 e. The molecule has 2 aliphatic heterocycles. The molecule has 1 fully saturated rings. The van der Waals surface area contributed by atoms with Crippen LogP contribution in [0.5, 0.6) is 11.5 Å². The molecule has 1 aromatic heterocycles. The van der Waals surface area contributed by atoms with Crippen LogP contribution in [0.1, 0.15) is 41.9 Å². The summed E-state index contributed by atoms with van der Waals surface area (Å²) in [5.41, 5.74) is 1.13. The Morgan fingerprint density at radius 1 is 0.846 bits per heavy atom. The third kappa shape index (κ3) is 2.72. The largest absolute Gasteiger partial charge is 0.485 e. The number of fused-ring (bicyclic) bond motifs is 1. The highest BCUT2D eigenvalue weighted by atomic mass is 16.6. The monoisotopic (exact) mass is 350 g/mol. The maximum absolute atomic E-state index is 5.97. The molecule has 2 aliphatic rings. The van der Waals surface area contributed by atoms with Crippen molar-refractivity contribution in [1.82, 2.24) is 10.2 Å². The molecule has 0 aliphatic carbocycles. The first-order chi connectivity index (χ1) is 12.9. The Hall–Kier alpha value is -2.86. The van der Waals surface area contributed by atoms with Crippen LogP contribution in [0.25, 0.3) is 0 Å². The van der Waals surface area contributed by atoms with Crippen LogP contribution in [0.3, 0.4) is 0 Å². The van der Waals surface area contributed by atoms with Gasteiger partial charge < -0.3 is 18.6 Å². The molecule has 6 heteroatoms. The zero-order valence-corrected chi connectivity index (χ0v) is 14.1. The predicted octanol–water partition coefficient (Wildman–Crippen LogP) is 3.83. The summed E-state index contributed by atoms with van der Waals surface area (Å²) in [6, 6.07) is 17.7. The van der Waals surface area contributed by atoms with Crippen LogP contribution in [0, 0.1) is 0 Å². The van der Waals surface area contributed by atoms with E-state index < -0.39 is 6.10 Å². The molecule has 3 heterocycles. The van der Waals surface area contributed by atoms with Gasteiger partial charge in [0.05, 0.1) is 12.0 Å². The number of hydrogen-bond acceptors (Lipinski definition) is 6. The maximum Gasteiger partial charge on any atom is 0.260 e. The van der Waals surface area contributed by atoms with Gasteiger partial charge in [0.2, 0.25) is 12.0 Å². The zero-order valence-electron chi connectivity index (χ0n) is 14.1. The number of aromatic nitrogens is 2. The van der Waals surface area contributed by atoms with E-state index in [9.17, 15) is 0 Å². The first kappa shape index (κ1) is 15.4. The Kier molecular flexibility index (Phi) is 3.83. The van der Waals surface area contributed by atoms with Crippen molar-refractivity contribution in [2.45, 2.75) is 24.5 Å². The fourth-order valence-corrected chi connectivity index (χ4v) is 3.48. The molecule has 1 unspecified atom stereocenters. The minimum absolute atomic E-state index is 0.0513. The van der Waals surface area contributed by atoms with E-state index in [0.717, 1.165) is 17.7 Å². The molecular weight excluding hydrogens is 332 g/mol. The molecule has 1 saturated heterocycles. The van der Waals surface area contributed by atoms with Crippen LogP contribution >= 0.6 is 0 Å². The minimum atomic E-state index is -0.399. The summed E-state index contributed by atoms with van der Waals surface area (Å²) >= 11 is 0. The second-order valence-electron chi connectivity index (χ2n) is 6.44. The van der Waals surface area contributed by atoms with Gasteiger partial charge in [-0.2, -0.15) is 0 Å². The van der Waals surface area contributed by atoms with Crippen LogP contribution in [0.4, 0.5) is 0 Å². The SMILES string of the molecule is c1ccc([C@H]2OCC[C@@H]2c2nnc(C3COc4ccccc4O3)o2)cc1. The van der Waals surface area contributed by atoms with Crippen LogP contribution in [0.15, 0.2) is 59.0 Å². The Balaban J connectivity index is 1.37. The summed E-state index contributed by atoms with van der Waals surface area (Å²) in [7, 11) is 0. The zero-order chi connectivity index (χ0) is 17.3. The summed E-state index contributed by atoms with van der Waals surface area (Å²) in [5, 5.41) is 8.48. The van der Waals surface area contributed by atoms with Gasteiger partial charge in [0.1, 0.15) is 6.61 Å². The van der Waals surface area contributed by atoms with E-state index in [1.54, 1.807) is 0 Å². The first-order valence-corrected chi connectivity index (χ1v) is 8.77. The molecule has 5 rings (SSSR count). The van der Waals surface area contributed by atoms with Crippen molar-refractivity contribution in [3.63, 3.8) is 0 Å². The fraction of sp³-hybridized carbons (Fsp3) is 0.300. The highest BCUT2D eigenvalue weighted by Gasteiger charge is 2.36. The van der Waals surface area contributed by atoms with E-state index in [2.05, 4.69) is 22.3 Å². The van der Waals surface area contributed by atoms with Gasteiger partial charge in [0, 0.05) is 6.61 Å². The lowest BCUT2D eigenvalue weighted by Crippen LogP contribution is -2.21. The molecular formula is C20H18N2O4. The highest BCUT2D eigenvalue weighted by molar-refractivity contribution is 5.40. The number of nitrogens with zero attached hydrogens (tertiary/aromatic N) is 2. The molecule has 132 valence electrons. The molecule has 0 bridgehead atoms. The standard InChI is InChI=1S/C20H18N2O4/c1-2-6-13(7-3-1)18-14(10-11-23-18)19-21-22-20(26-19)17-12-24-15-8-4-5-9-16(15)25-17/h1-9,14,17-18H,10-12H2/t14-,17?,18+/m0/s1. The van der Waals surface area contributed by atoms with E-state index >= 15 is 0 Å². The Bertz CT molecular complexity index is 896. The van der Waals surface area contributed by atoms with Crippen LogP contribution in [-0.2, 0) is 4.74 Å². The van der Waals surface area contributed by atoms with Crippen molar-refractivity contribution in [2.24, 2.45) is 0 Å². The van der Waals surface area contributed by atoms with Gasteiger partial charge in [-0.25, -0.2) is 0 Å². The average molecular weight is 350 g/mol. The van der Waals surface area contributed by atoms with Gasteiger partial charge in [-0.1, -0.05) is 42.5 Å². The fourth-order valence-electron chi connectivity index (χ4n) is 3.48. The van der Waals surface area contributed by atoms with Gasteiger partial charge in [-0.3, -0.25) is 0 Å². The molecule has 0 amide bonds. The number of hydrogen-bond donors (Lipinski definition) is 0. The van der Waals surface area contributed by atoms with Gasteiger partial charge >= 0.3 is 0 Å². The lowest BCUT2D eigenvalue weighted by molar-refractivity contribution is 0.0681. The average Bonchev–Trinajstić information content (AvgIpc) is 3.37. The highest BCUT2D eigenvalue weighted by Crippen LogP contribution is 2.42. The molecule has 0 saturated carbocycles. The van der Waals surface area contributed by atoms with Gasteiger partial charge in [0.15, 0.2) is 11.5 Å². The second-order valence-corrected chi connectivity index (χ2v) is 6.44. The summed E-state index contributed by atoms with van der Waals surface area (Å²) in [6.45, 7) is 1.03. The van der Waals surface area contributed by atoms with Gasteiger partial charge in [-0.05, 0) is 24.1 Å². The van der Waals surface area contributed by atoms with Crippen molar-refractivity contribution in [1.29, 1.82) is 0 Å². The summed E-state index contributed by atoms with van der Waals surface area (Å²) in [6.07, 6.45) is 0.392. The number of benzene rings is 2. The number of para-hydroxylation sites is 2. The van der Waals surface area contributed by atoms with E-state index in [0.29, 0.717) is 30.7 Å². The molecule has 0 N–H and O–H groups in total. The Morgan fingerprint density at radius 3 is 2.50 bits per heavy atom. The van der Waals surface area contributed by atoms with E-state index in [1.807, 2.05) is 42.5 Å².